The Morgan fingerprint density at radius 1 is 1.04 bits per heavy atom. The highest BCUT2D eigenvalue weighted by atomic mass is 35.5. The summed E-state index contributed by atoms with van der Waals surface area (Å²) in [6, 6.07) is 12.6. The summed E-state index contributed by atoms with van der Waals surface area (Å²) in [4.78, 5) is 0. The van der Waals surface area contributed by atoms with Crippen LogP contribution in [0.25, 0.3) is 0 Å². The fourth-order valence-electron chi connectivity index (χ4n) is 3.96. The van der Waals surface area contributed by atoms with Crippen molar-refractivity contribution in [3.05, 3.63) is 58.1 Å². The quantitative estimate of drug-likeness (QED) is 0.752. The van der Waals surface area contributed by atoms with Crippen molar-refractivity contribution >= 4 is 17.3 Å². The summed E-state index contributed by atoms with van der Waals surface area (Å²) in [5.74, 6) is 1.55. The summed E-state index contributed by atoms with van der Waals surface area (Å²) in [7, 11) is 0. The van der Waals surface area contributed by atoms with E-state index in [0.29, 0.717) is 5.92 Å². The third-order valence-corrected chi connectivity index (χ3v) is 6.02. The van der Waals surface area contributed by atoms with Gasteiger partial charge in [0.05, 0.1) is 17.3 Å². The molecule has 1 fully saturated rings. The van der Waals surface area contributed by atoms with Crippen molar-refractivity contribution in [3.63, 3.8) is 0 Å². The summed E-state index contributed by atoms with van der Waals surface area (Å²) >= 11 is 6.51. The minimum absolute atomic E-state index is 0.611. The minimum Gasteiger partial charge on any atom is -0.493 e. The van der Waals surface area contributed by atoms with Gasteiger partial charge in [0.2, 0.25) is 0 Å². The van der Waals surface area contributed by atoms with Crippen molar-refractivity contribution in [1.29, 1.82) is 0 Å². The first-order chi connectivity index (χ1) is 13.8. The van der Waals surface area contributed by atoms with Crippen LogP contribution < -0.4 is 15.4 Å². The topological polar surface area (TPSA) is 42.5 Å². The largest absolute Gasteiger partial charge is 0.493 e. The zero-order valence-corrected chi connectivity index (χ0v) is 17.1. The first-order valence-corrected chi connectivity index (χ1v) is 10.7. The lowest BCUT2D eigenvalue weighted by atomic mass is 10.0. The molecule has 2 aromatic rings. The average molecular weight is 401 g/mol. The molecule has 0 radical (unpaired) electrons. The maximum Gasteiger partial charge on any atom is 0.119 e. The van der Waals surface area contributed by atoms with E-state index in [-0.39, 0.29) is 0 Å². The van der Waals surface area contributed by atoms with E-state index in [0.717, 1.165) is 81.6 Å². The molecular formula is C23H29ClN2O2. The van der Waals surface area contributed by atoms with Gasteiger partial charge in [-0.05, 0) is 79.6 Å². The molecule has 0 spiro atoms. The zero-order valence-electron chi connectivity index (χ0n) is 16.3. The predicted molar refractivity (Wildman–Crippen MR) is 115 cm³/mol. The number of ether oxygens (including phenoxy) is 2. The number of fused-ring (bicyclic) bond motifs is 1. The molecule has 2 N–H and O–H groups in total. The molecule has 0 aromatic heterocycles. The monoisotopic (exact) mass is 400 g/mol. The van der Waals surface area contributed by atoms with Gasteiger partial charge < -0.3 is 20.1 Å². The van der Waals surface area contributed by atoms with E-state index in [9.17, 15) is 0 Å². The van der Waals surface area contributed by atoms with Crippen LogP contribution in [0, 0.1) is 5.92 Å². The molecule has 0 unspecified atom stereocenters. The van der Waals surface area contributed by atoms with Gasteiger partial charge in [-0.3, -0.25) is 0 Å². The summed E-state index contributed by atoms with van der Waals surface area (Å²) < 4.78 is 11.4. The summed E-state index contributed by atoms with van der Waals surface area (Å²) in [5.41, 5.74) is 5.06. The molecular weight excluding hydrogens is 372 g/mol. The Balaban J connectivity index is 1.35. The molecule has 150 valence electrons. The van der Waals surface area contributed by atoms with E-state index >= 15 is 0 Å². The van der Waals surface area contributed by atoms with Crippen molar-refractivity contribution in [2.75, 3.05) is 38.2 Å². The van der Waals surface area contributed by atoms with E-state index < -0.39 is 0 Å². The van der Waals surface area contributed by atoms with Gasteiger partial charge in [0.25, 0.3) is 0 Å². The molecule has 2 aromatic carbocycles. The van der Waals surface area contributed by atoms with Gasteiger partial charge in [-0.15, -0.1) is 0 Å². The first kappa shape index (κ1) is 19.6. The number of benzene rings is 2. The molecule has 5 heteroatoms. The summed E-state index contributed by atoms with van der Waals surface area (Å²) in [6.07, 6.45) is 4.26. The van der Waals surface area contributed by atoms with Gasteiger partial charge >= 0.3 is 0 Å². The number of hydrogen-bond acceptors (Lipinski definition) is 4. The predicted octanol–water partition coefficient (Wildman–Crippen LogP) is 4.45. The third-order valence-electron chi connectivity index (χ3n) is 5.70. The molecule has 2 heterocycles. The van der Waals surface area contributed by atoms with Gasteiger partial charge in [-0.1, -0.05) is 29.8 Å². The van der Waals surface area contributed by atoms with E-state index in [1.807, 2.05) is 6.07 Å². The Hall–Kier alpha value is -1.75. The third kappa shape index (κ3) is 4.99. The summed E-state index contributed by atoms with van der Waals surface area (Å²) in [5, 5.41) is 7.84. The minimum atomic E-state index is 0.611. The Labute approximate surface area is 172 Å². The van der Waals surface area contributed by atoms with Crippen LogP contribution in [0.15, 0.2) is 36.4 Å². The lowest BCUT2D eigenvalue weighted by Crippen LogP contribution is -2.21. The Morgan fingerprint density at radius 3 is 2.64 bits per heavy atom. The maximum atomic E-state index is 6.51. The standard InChI is InChI=1S/C23H29ClN2O2/c24-22-6-3-19-7-11-25-12-8-21(19)23(22)26-15-17-1-4-20(5-2-17)28-16-18-9-13-27-14-10-18/h1-6,18,25-26H,7-16H2. The van der Waals surface area contributed by atoms with Gasteiger partial charge in [0, 0.05) is 19.8 Å². The highest BCUT2D eigenvalue weighted by molar-refractivity contribution is 6.33. The number of rotatable bonds is 6. The second kappa shape index (κ2) is 9.64. The van der Waals surface area contributed by atoms with E-state index in [1.165, 1.54) is 16.7 Å². The second-order valence-corrected chi connectivity index (χ2v) is 8.08. The fourth-order valence-corrected chi connectivity index (χ4v) is 4.20. The maximum absolute atomic E-state index is 6.51. The van der Waals surface area contributed by atoms with Crippen LogP contribution in [0.1, 0.15) is 29.5 Å². The van der Waals surface area contributed by atoms with E-state index in [1.54, 1.807) is 0 Å². The van der Waals surface area contributed by atoms with Crippen molar-refractivity contribution in [2.24, 2.45) is 5.92 Å². The normalized spacial score (nSPS) is 17.6. The molecule has 4 nitrogen and oxygen atoms in total. The van der Waals surface area contributed by atoms with Crippen molar-refractivity contribution in [1.82, 2.24) is 5.32 Å². The molecule has 28 heavy (non-hydrogen) atoms. The van der Waals surface area contributed by atoms with E-state index in [2.05, 4.69) is 41.0 Å². The van der Waals surface area contributed by atoms with Crippen LogP contribution in [-0.2, 0) is 24.1 Å². The smallest absolute Gasteiger partial charge is 0.119 e. The molecule has 2 aliphatic heterocycles. The number of hydrogen-bond donors (Lipinski definition) is 2. The Bertz CT molecular complexity index is 773. The number of nitrogens with one attached hydrogen (secondary N) is 2. The van der Waals surface area contributed by atoms with E-state index in [4.69, 9.17) is 21.1 Å². The van der Waals surface area contributed by atoms with Gasteiger partial charge in [-0.25, -0.2) is 0 Å². The molecule has 1 saturated heterocycles. The highest BCUT2D eigenvalue weighted by Gasteiger charge is 2.15. The van der Waals surface area contributed by atoms with Crippen LogP contribution >= 0.6 is 11.6 Å². The molecule has 0 amide bonds. The SMILES string of the molecule is Clc1ccc2c(c1NCc1ccc(OCC3CCOCC3)cc1)CCNCC2. The fraction of sp³-hybridized carbons (Fsp3) is 0.478. The summed E-state index contributed by atoms with van der Waals surface area (Å²) in [6.45, 7) is 5.29. The Morgan fingerprint density at radius 2 is 1.82 bits per heavy atom. The zero-order chi connectivity index (χ0) is 19.2. The number of anilines is 1. The first-order valence-electron chi connectivity index (χ1n) is 10.3. The lowest BCUT2D eigenvalue weighted by molar-refractivity contribution is 0.0497. The van der Waals surface area contributed by atoms with Crippen LogP contribution in [-0.4, -0.2) is 32.9 Å². The molecule has 0 atom stereocenters. The van der Waals surface area contributed by atoms with Crippen molar-refractivity contribution in [3.8, 4) is 5.75 Å². The lowest BCUT2D eigenvalue weighted by Gasteiger charge is -2.22. The van der Waals surface area contributed by atoms with Crippen LogP contribution in [0.4, 0.5) is 5.69 Å². The van der Waals surface area contributed by atoms with Crippen molar-refractivity contribution in [2.45, 2.75) is 32.2 Å². The van der Waals surface area contributed by atoms with Gasteiger partial charge in [0.15, 0.2) is 0 Å². The highest BCUT2D eigenvalue weighted by Crippen LogP contribution is 2.31. The molecule has 2 aliphatic rings. The molecule has 0 bridgehead atoms. The molecule has 4 rings (SSSR count). The van der Waals surface area contributed by atoms with Gasteiger partial charge in [0.1, 0.15) is 5.75 Å². The molecule has 0 aliphatic carbocycles. The molecule has 0 saturated carbocycles. The van der Waals surface area contributed by atoms with Crippen molar-refractivity contribution < 1.29 is 9.47 Å². The average Bonchev–Trinajstić information content (AvgIpc) is 2.99. The van der Waals surface area contributed by atoms with Crippen LogP contribution in [0.3, 0.4) is 0 Å². The van der Waals surface area contributed by atoms with Crippen LogP contribution in [0.5, 0.6) is 5.75 Å². The van der Waals surface area contributed by atoms with Gasteiger partial charge in [-0.2, -0.15) is 0 Å². The van der Waals surface area contributed by atoms with Crippen LogP contribution in [0.2, 0.25) is 5.02 Å². The Kier molecular flexibility index (Phi) is 6.73. The number of halogens is 1. The second-order valence-electron chi connectivity index (χ2n) is 7.67.